The smallest absolute Gasteiger partial charge is 0.148 e. The molecule has 0 N–H and O–H groups in total. The van der Waals surface area contributed by atoms with Gasteiger partial charge in [-0.15, -0.1) is 6.42 Å². The molecule has 0 aliphatic heterocycles. The summed E-state index contributed by atoms with van der Waals surface area (Å²) in [6, 6.07) is 3.10. The van der Waals surface area contributed by atoms with Gasteiger partial charge >= 0.3 is 0 Å². The molecule has 0 bridgehead atoms. The van der Waals surface area contributed by atoms with Crippen LogP contribution in [0.5, 0.6) is 5.75 Å². The first-order chi connectivity index (χ1) is 6.15. The fourth-order valence-electron chi connectivity index (χ4n) is 0.757. The zero-order valence-corrected chi connectivity index (χ0v) is 8.75. The standard InChI is InChI=1S/C9H5Cl3O/c1-2-3-13-8-5-6(10)4-7(11)9(8)12/h1,4-5H,3H2. The van der Waals surface area contributed by atoms with Crippen molar-refractivity contribution in [2.75, 3.05) is 6.61 Å². The monoisotopic (exact) mass is 234 g/mol. The number of rotatable bonds is 2. The third-order valence-electron chi connectivity index (χ3n) is 1.27. The van der Waals surface area contributed by atoms with Gasteiger partial charge in [0.2, 0.25) is 0 Å². The van der Waals surface area contributed by atoms with Crippen molar-refractivity contribution in [2.45, 2.75) is 0 Å². The highest BCUT2D eigenvalue weighted by Crippen LogP contribution is 2.34. The minimum Gasteiger partial charge on any atom is -0.479 e. The second-order valence-electron chi connectivity index (χ2n) is 2.19. The van der Waals surface area contributed by atoms with E-state index in [1.54, 1.807) is 6.07 Å². The van der Waals surface area contributed by atoms with Crippen LogP contribution in [-0.4, -0.2) is 6.61 Å². The highest BCUT2D eigenvalue weighted by atomic mass is 35.5. The Morgan fingerprint density at radius 2 is 2.00 bits per heavy atom. The van der Waals surface area contributed by atoms with E-state index >= 15 is 0 Å². The van der Waals surface area contributed by atoms with E-state index in [-0.39, 0.29) is 6.61 Å². The Labute approximate surface area is 91.5 Å². The quantitative estimate of drug-likeness (QED) is 0.561. The van der Waals surface area contributed by atoms with Crippen LogP contribution in [0.15, 0.2) is 12.1 Å². The lowest BCUT2D eigenvalue weighted by molar-refractivity contribution is 0.370. The molecule has 0 radical (unpaired) electrons. The lowest BCUT2D eigenvalue weighted by Crippen LogP contribution is -1.94. The summed E-state index contributed by atoms with van der Waals surface area (Å²) < 4.78 is 5.11. The first-order valence-corrected chi connectivity index (χ1v) is 4.49. The van der Waals surface area contributed by atoms with Crippen molar-refractivity contribution in [3.8, 4) is 18.1 Å². The molecule has 1 rings (SSSR count). The molecule has 13 heavy (non-hydrogen) atoms. The molecule has 0 aliphatic carbocycles. The van der Waals surface area contributed by atoms with Crippen LogP contribution in [0.2, 0.25) is 15.1 Å². The maximum Gasteiger partial charge on any atom is 0.148 e. The molecule has 4 heteroatoms. The maximum absolute atomic E-state index is 5.82. The molecule has 0 fully saturated rings. The van der Waals surface area contributed by atoms with Crippen molar-refractivity contribution in [1.29, 1.82) is 0 Å². The van der Waals surface area contributed by atoms with Gasteiger partial charge in [0.1, 0.15) is 17.4 Å². The van der Waals surface area contributed by atoms with E-state index in [0.29, 0.717) is 20.8 Å². The van der Waals surface area contributed by atoms with Crippen LogP contribution in [0.3, 0.4) is 0 Å². The summed E-state index contributed by atoms with van der Waals surface area (Å²) in [4.78, 5) is 0. The van der Waals surface area contributed by atoms with Crippen LogP contribution in [0.4, 0.5) is 0 Å². The van der Waals surface area contributed by atoms with Gasteiger partial charge in [-0.05, 0) is 6.07 Å². The Hall–Kier alpha value is -0.550. The summed E-state index contributed by atoms with van der Waals surface area (Å²) in [7, 11) is 0. The molecule has 0 saturated heterocycles. The van der Waals surface area contributed by atoms with Crippen LogP contribution >= 0.6 is 34.8 Å². The molecule has 0 spiro atoms. The van der Waals surface area contributed by atoms with Gasteiger partial charge in [0.15, 0.2) is 0 Å². The third-order valence-corrected chi connectivity index (χ3v) is 2.27. The number of ether oxygens (including phenoxy) is 1. The number of halogens is 3. The van der Waals surface area contributed by atoms with Crippen molar-refractivity contribution >= 4 is 34.8 Å². The fourth-order valence-corrected chi connectivity index (χ4v) is 1.40. The minimum atomic E-state index is 0.135. The van der Waals surface area contributed by atoms with Crippen LogP contribution in [-0.2, 0) is 0 Å². The topological polar surface area (TPSA) is 9.23 Å². The van der Waals surface area contributed by atoms with Crippen molar-refractivity contribution < 1.29 is 4.74 Å². The second kappa shape index (κ2) is 4.62. The van der Waals surface area contributed by atoms with E-state index < -0.39 is 0 Å². The average Bonchev–Trinajstić information content (AvgIpc) is 2.09. The fraction of sp³-hybridized carbons (Fsp3) is 0.111. The Morgan fingerprint density at radius 1 is 1.31 bits per heavy atom. The number of benzene rings is 1. The normalized spacial score (nSPS) is 9.38. The van der Waals surface area contributed by atoms with Crippen molar-refractivity contribution in [2.24, 2.45) is 0 Å². The predicted octanol–water partition coefficient (Wildman–Crippen LogP) is 3.66. The van der Waals surface area contributed by atoms with Crippen LogP contribution in [0, 0.1) is 12.3 Å². The van der Waals surface area contributed by atoms with Crippen molar-refractivity contribution in [1.82, 2.24) is 0 Å². The molecule has 1 aromatic carbocycles. The summed E-state index contributed by atoms with van der Waals surface area (Å²) in [6.45, 7) is 0.135. The van der Waals surface area contributed by atoms with Gasteiger partial charge in [0.05, 0.1) is 5.02 Å². The number of hydrogen-bond acceptors (Lipinski definition) is 1. The Bertz CT molecular complexity index is 355. The molecule has 1 nitrogen and oxygen atoms in total. The van der Waals surface area contributed by atoms with E-state index in [2.05, 4.69) is 5.92 Å². The SMILES string of the molecule is C#CCOc1cc(Cl)cc(Cl)c1Cl. The summed E-state index contributed by atoms with van der Waals surface area (Å²) >= 11 is 17.3. The first-order valence-electron chi connectivity index (χ1n) is 3.36. The molecule has 0 aromatic heterocycles. The predicted molar refractivity (Wildman–Crippen MR) is 55.8 cm³/mol. The van der Waals surface area contributed by atoms with E-state index in [4.69, 9.17) is 46.0 Å². The van der Waals surface area contributed by atoms with E-state index in [1.165, 1.54) is 6.07 Å². The lowest BCUT2D eigenvalue weighted by Gasteiger charge is -2.06. The largest absolute Gasteiger partial charge is 0.479 e. The molecule has 0 unspecified atom stereocenters. The number of terminal acetylenes is 1. The minimum absolute atomic E-state index is 0.135. The van der Waals surface area contributed by atoms with Crippen LogP contribution in [0.25, 0.3) is 0 Å². The van der Waals surface area contributed by atoms with Crippen LogP contribution < -0.4 is 4.74 Å². The highest BCUT2D eigenvalue weighted by Gasteiger charge is 2.07. The molecule has 0 atom stereocenters. The molecule has 1 aromatic rings. The van der Waals surface area contributed by atoms with Gasteiger partial charge in [-0.1, -0.05) is 40.7 Å². The first kappa shape index (κ1) is 10.5. The van der Waals surface area contributed by atoms with Crippen LogP contribution in [0.1, 0.15) is 0 Å². The molecule has 0 heterocycles. The number of hydrogen-bond donors (Lipinski definition) is 0. The zero-order chi connectivity index (χ0) is 9.84. The zero-order valence-electron chi connectivity index (χ0n) is 6.48. The Morgan fingerprint density at radius 3 is 2.62 bits per heavy atom. The maximum atomic E-state index is 5.82. The van der Waals surface area contributed by atoms with Gasteiger partial charge in [-0.25, -0.2) is 0 Å². The average molecular weight is 235 g/mol. The van der Waals surface area contributed by atoms with E-state index in [1.807, 2.05) is 0 Å². The summed E-state index contributed by atoms with van der Waals surface area (Å²) in [6.07, 6.45) is 5.02. The molecule has 0 saturated carbocycles. The highest BCUT2D eigenvalue weighted by molar-refractivity contribution is 6.44. The summed E-state index contributed by atoms with van der Waals surface area (Å²) in [5.41, 5.74) is 0. The molecular weight excluding hydrogens is 230 g/mol. The third kappa shape index (κ3) is 2.70. The molecule has 0 amide bonds. The van der Waals surface area contributed by atoms with E-state index in [9.17, 15) is 0 Å². The second-order valence-corrected chi connectivity index (χ2v) is 3.41. The van der Waals surface area contributed by atoms with Gasteiger partial charge < -0.3 is 4.74 Å². The Balaban J connectivity index is 3.00. The lowest BCUT2D eigenvalue weighted by atomic mass is 10.3. The van der Waals surface area contributed by atoms with Gasteiger partial charge in [0.25, 0.3) is 0 Å². The molecule has 0 aliphatic rings. The summed E-state index contributed by atoms with van der Waals surface area (Å²) in [5, 5.41) is 1.13. The summed E-state index contributed by atoms with van der Waals surface area (Å²) in [5.74, 6) is 2.72. The Kier molecular flexibility index (Phi) is 3.74. The van der Waals surface area contributed by atoms with Crippen molar-refractivity contribution in [3.63, 3.8) is 0 Å². The van der Waals surface area contributed by atoms with Crippen molar-refractivity contribution in [3.05, 3.63) is 27.2 Å². The van der Waals surface area contributed by atoms with E-state index in [0.717, 1.165) is 0 Å². The molecular formula is C9H5Cl3O. The molecule has 68 valence electrons. The van der Waals surface area contributed by atoms with Gasteiger partial charge in [0, 0.05) is 11.1 Å². The van der Waals surface area contributed by atoms with Gasteiger partial charge in [-0.2, -0.15) is 0 Å². The van der Waals surface area contributed by atoms with Gasteiger partial charge in [-0.3, -0.25) is 0 Å².